The van der Waals surface area contributed by atoms with E-state index in [-0.39, 0.29) is 26.0 Å². The number of aliphatic hydroxyl groups is 2. The number of benzene rings is 4. The van der Waals surface area contributed by atoms with Crippen LogP contribution < -0.4 is 0 Å². The number of hydrogen-bond acceptors (Lipinski definition) is 3. The topological polar surface area (TPSA) is 53.4 Å². The third-order valence-corrected chi connectivity index (χ3v) is 6.02. The van der Waals surface area contributed by atoms with E-state index in [4.69, 9.17) is 4.98 Å². The Hall–Kier alpha value is -3.14. The van der Waals surface area contributed by atoms with Crippen LogP contribution in [-0.4, -0.2) is 27.4 Å². The van der Waals surface area contributed by atoms with Gasteiger partial charge in [-0.25, -0.2) is 0 Å². The summed E-state index contributed by atoms with van der Waals surface area (Å²) in [7, 11) is 0. The van der Waals surface area contributed by atoms with E-state index in [1.165, 1.54) is 11.1 Å². The van der Waals surface area contributed by atoms with Crippen LogP contribution in [-0.2, 0) is 20.1 Å². The van der Waals surface area contributed by atoms with Gasteiger partial charge in [-0.15, -0.1) is 29.8 Å². The summed E-state index contributed by atoms with van der Waals surface area (Å²) in [6.45, 7) is 3.40. The Morgan fingerprint density at radius 3 is 1.86 bits per heavy atom. The maximum Gasteiger partial charge on any atom is 0.0605 e. The molecule has 0 aliphatic heterocycles. The zero-order chi connectivity index (χ0) is 24.6. The quantitative estimate of drug-likeness (QED) is 0.203. The van der Waals surface area contributed by atoms with Crippen LogP contribution in [0.1, 0.15) is 25.3 Å². The van der Waals surface area contributed by atoms with Crippen LogP contribution in [0.25, 0.3) is 33.3 Å². The molecule has 0 fully saturated rings. The van der Waals surface area contributed by atoms with E-state index >= 15 is 0 Å². The van der Waals surface area contributed by atoms with Crippen LogP contribution in [0.15, 0.2) is 115 Å². The predicted molar refractivity (Wildman–Crippen MR) is 144 cm³/mol. The summed E-state index contributed by atoms with van der Waals surface area (Å²) in [6, 6.07) is 41.8. The first-order chi connectivity index (χ1) is 17.0. The average molecular weight is 653 g/mol. The van der Waals surface area contributed by atoms with Crippen molar-refractivity contribution in [1.82, 2.24) is 4.98 Å². The molecule has 0 amide bonds. The molecular weight excluding hydrogens is 623 g/mol. The van der Waals surface area contributed by atoms with Gasteiger partial charge >= 0.3 is 0 Å². The molecule has 1 heterocycles. The second kappa shape index (κ2) is 13.2. The van der Waals surface area contributed by atoms with E-state index in [1.807, 2.05) is 72.8 Å². The predicted octanol–water partition coefficient (Wildman–Crippen LogP) is 6.90. The molecule has 185 valence electrons. The Labute approximate surface area is 226 Å². The van der Waals surface area contributed by atoms with Crippen molar-refractivity contribution in [2.45, 2.75) is 32.0 Å². The average Bonchev–Trinajstić information content (AvgIpc) is 2.90. The van der Waals surface area contributed by atoms with Crippen LogP contribution in [0.2, 0.25) is 0 Å². The molecule has 5 aromatic rings. The fraction of sp³-hybridized carbons (Fsp3) is 0.156. The number of para-hydroxylation sites is 1. The van der Waals surface area contributed by atoms with E-state index in [2.05, 4.69) is 48.5 Å². The van der Waals surface area contributed by atoms with Crippen molar-refractivity contribution in [2.24, 2.45) is 0 Å². The van der Waals surface area contributed by atoms with E-state index < -0.39 is 12.2 Å². The van der Waals surface area contributed by atoms with Gasteiger partial charge in [0.1, 0.15) is 0 Å². The summed E-state index contributed by atoms with van der Waals surface area (Å²) in [4.78, 5) is 4.72. The smallest absolute Gasteiger partial charge is 0.0605 e. The molecule has 5 rings (SSSR count). The monoisotopic (exact) mass is 653 g/mol. The van der Waals surface area contributed by atoms with Crippen molar-refractivity contribution >= 4 is 10.9 Å². The van der Waals surface area contributed by atoms with Gasteiger partial charge in [0.05, 0.1) is 17.7 Å². The Bertz CT molecular complexity index is 1330. The van der Waals surface area contributed by atoms with E-state index in [0.717, 1.165) is 27.7 Å². The molecule has 0 aliphatic rings. The fourth-order valence-corrected chi connectivity index (χ4v) is 4.25. The molecular formula is C32H30IrNO2-. The fourth-order valence-electron chi connectivity index (χ4n) is 4.25. The van der Waals surface area contributed by atoms with Crippen LogP contribution >= 0.6 is 0 Å². The first-order valence-electron chi connectivity index (χ1n) is 11.9. The molecule has 3 nitrogen and oxygen atoms in total. The van der Waals surface area contributed by atoms with Crippen LogP contribution in [0.4, 0.5) is 0 Å². The summed E-state index contributed by atoms with van der Waals surface area (Å²) < 4.78 is 0. The maximum atomic E-state index is 9.48. The molecule has 0 bridgehead atoms. The molecule has 0 spiro atoms. The third-order valence-electron chi connectivity index (χ3n) is 6.02. The van der Waals surface area contributed by atoms with Crippen molar-refractivity contribution in [3.05, 3.63) is 127 Å². The van der Waals surface area contributed by atoms with Crippen molar-refractivity contribution in [2.75, 3.05) is 0 Å². The second-order valence-corrected chi connectivity index (χ2v) is 8.66. The Balaban J connectivity index is 0.000000223. The van der Waals surface area contributed by atoms with Gasteiger partial charge in [0.2, 0.25) is 0 Å². The molecule has 1 radical (unpaired) electrons. The van der Waals surface area contributed by atoms with E-state index in [1.54, 1.807) is 13.8 Å². The molecule has 2 unspecified atom stereocenters. The van der Waals surface area contributed by atoms with E-state index in [0.29, 0.717) is 0 Å². The van der Waals surface area contributed by atoms with Gasteiger partial charge in [0.25, 0.3) is 0 Å². The van der Waals surface area contributed by atoms with Crippen molar-refractivity contribution in [1.29, 1.82) is 0 Å². The number of hydrogen-bond donors (Lipinski definition) is 2. The summed E-state index contributed by atoms with van der Waals surface area (Å²) in [5, 5.41) is 20.1. The molecule has 0 saturated carbocycles. The van der Waals surface area contributed by atoms with Gasteiger partial charge in [0, 0.05) is 26.0 Å². The minimum absolute atomic E-state index is 0. The molecule has 36 heavy (non-hydrogen) atoms. The SMILES string of the molecule is CC(O)C(c1ccccc1)C(C)O.[Ir].[c-]1cc(-c2ccccc2)ccc1-c1ccc2ccccc2n1. The van der Waals surface area contributed by atoms with Gasteiger partial charge in [-0.05, 0) is 36.6 Å². The first-order valence-corrected chi connectivity index (χ1v) is 11.9. The summed E-state index contributed by atoms with van der Waals surface area (Å²) in [6.07, 6.45) is -1.05. The zero-order valence-electron chi connectivity index (χ0n) is 20.4. The van der Waals surface area contributed by atoms with Gasteiger partial charge in [-0.3, -0.25) is 4.98 Å². The third kappa shape index (κ3) is 6.96. The zero-order valence-corrected chi connectivity index (χ0v) is 22.8. The summed E-state index contributed by atoms with van der Waals surface area (Å²) in [5.74, 6) is -0.193. The first kappa shape index (κ1) is 27.4. The van der Waals surface area contributed by atoms with Crippen LogP contribution in [0, 0.1) is 6.07 Å². The molecule has 1 aromatic heterocycles. The molecule has 4 heteroatoms. The molecule has 0 aliphatic carbocycles. The minimum Gasteiger partial charge on any atom is -0.393 e. The number of aromatic nitrogens is 1. The Kier molecular flexibility index (Phi) is 10.1. The standard InChI is InChI=1S/C21H14N.C11H16O2.Ir/c1-2-6-16(7-3-1)17-10-12-19(13-11-17)21-15-14-18-8-4-5-9-20(18)22-21;1-8(12)11(9(2)13)10-6-4-3-5-7-10;/h1-12,14-15H;3-9,11-13H,1-2H3;/q-1;;. The van der Waals surface area contributed by atoms with E-state index in [9.17, 15) is 10.2 Å². The maximum absolute atomic E-state index is 9.48. The number of aliphatic hydroxyl groups excluding tert-OH is 2. The number of rotatable bonds is 5. The number of pyridine rings is 1. The van der Waals surface area contributed by atoms with Crippen molar-refractivity contribution in [3.63, 3.8) is 0 Å². The molecule has 4 aromatic carbocycles. The van der Waals surface area contributed by atoms with Crippen LogP contribution in [0.3, 0.4) is 0 Å². The second-order valence-electron chi connectivity index (χ2n) is 8.66. The normalized spacial score (nSPS) is 13.0. The Morgan fingerprint density at radius 1 is 0.639 bits per heavy atom. The molecule has 0 saturated heterocycles. The summed E-state index contributed by atoms with van der Waals surface area (Å²) >= 11 is 0. The minimum atomic E-state index is -0.526. The number of fused-ring (bicyclic) bond motifs is 1. The molecule has 2 N–H and O–H groups in total. The van der Waals surface area contributed by atoms with Gasteiger partial charge in [0.15, 0.2) is 0 Å². The largest absolute Gasteiger partial charge is 0.393 e. The Morgan fingerprint density at radius 2 is 1.25 bits per heavy atom. The summed E-state index contributed by atoms with van der Waals surface area (Å²) in [5.41, 5.74) is 6.35. The van der Waals surface area contributed by atoms with Crippen molar-refractivity contribution in [3.8, 4) is 22.4 Å². The van der Waals surface area contributed by atoms with Gasteiger partial charge in [-0.1, -0.05) is 102 Å². The van der Waals surface area contributed by atoms with Crippen molar-refractivity contribution < 1.29 is 30.3 Å². The van der Waals surface area contributed by atoms with Gasteiger partial charge in [-0.2, -0.15) is 0 Å². The number of nitrogens with zero attached hydrogens (tertiary/aromatic N) is 1. The van der Waals surface area contributed by atoms with Gasteiger partial charge < -0.3 is 10.2 Å². The molecule has 2 atom stereocenters. The van der Waals surface area contributed by atoms with Crippen LogP contribution in [0.5, 0.6) is 0 Å².